The number of pyridine rings is 1. The Balaban J connectivity index is 1.50. The highest BCUT2D eigenvalue weighted by molar-refractivity contribution is 6.13. The van der Waals surface area contributed by atoms with E-state index in [9.17, 15) is 4.39 Å². The molecule has 2 aromatic heterocycles. The van der Waals surface area contributed by atoms with E-state index in [0.717, 1.165) is 38.8 Å². The first-order valence-electron chi connectivity index (χ1n) is 12.2. The van der Waals surface area contributed by atoms with Crippen molar-refractivity contribution in [3.8, 4) is 22.4 Å². The van der Waals surface area contributed by atoms with Crippen molar-refractivity contribution in [1.29, 1.82) is 0 Å². The van der Waals surface area contributed by atoms with E-state index >= 15 is 0 Å². The van der Waals surface area contributed by atoms with Crippen molar-refractivity contribution in [2.45, 2.75) is 44.9 Å². The van der Waals surface area contributed by atoms with E-state index in [1.807, 2.05) is 42.6 Å². The van der Waals surface area contributed by atoms with E-state index in [0.29, 0.717) is 11.5 Å². The minimum Gasteiger partial charge on any atom is -0.456 e. The number of hydrogen-bond donors (Lipinski definition) is 0. The molecule has 5 aromatic rings. The Morgan fingerprint density at radius 3 is 2.47 bits per heavy atom. The van der Waals surface area contributed by atoms with Crippen LogP contribution in [0.1, 0.15) is 45.1 Å². The largest absolute Gasteiger partial charge is 0.456 e. The lowest BCUT2D eigenvalue weighted by Crippen LogP contribution is -2.26. The van der Waals surface area contributed by atoms with Crippen molar-refractivity contribution >= 4 is 21.9 Å². The summed E-state index contributed by atoms with van der Waals surface area (Å²) in [6.45, 7) is 4.74. The van der Waals surface area contributed by atoms with E-state index < -0.39 is 0 Å². The maximum atomic E-state index is 14.7. The zero-order valence-electron chi connectivity index (χ0n) is 19.6. The normalized spacial score (nSPS) is 14.9. The van der Waals surface area contributed by atoms with E-state index in [2.05, 4.69) is 38.1 Å². The Morgan fingerprint density at radius 2 is 1.65 bits per heavy atom. The maximum absolute atomic E-state index is 14.7. The molecule has 1 fully saturated rings. The molecule has 3 aromatic carbocycles. The summed E-state index contributed by atoms with van der Waals surface area (Å²) in [7, 11) is 0. The molecule has 0 radical (unpaired) electrons. The highest BCUT2D eigenvalue weighted by Gasteiger charge is 2.33. The molecular weight excluding hydrogens is 421 g/mol. The third-order valence-electron chi connectivity index (χ3n) is 7.83. The average Bonchev–Trinajstić information content (AvgIpc) is 3.53. The third-order valence-corrected chi connectivity index (χ3v) is 7.83. The fraction of sp³-hybridized carbons (Fsp3) is 0.258. The number of furan rings is 1. The number of rotatable bonds is 4. The lowest BCUT2D eigenvalue weighted by Gasteiger charge is -2.32. The molecule has 0 aliphatic heterocycles. The van der Waals surface area contributed by atoms with E-state index in [1.165, 1.54) is 37.3 Å². The van der Waals surface area contributed by atoms with Gasteiger partial charge < -0.3 is 4.42 Å². The van der Waals surface area contributed by atoms with Crippen LogP contribution >= 0.6 is 0 Å². The lowest BCUT2D eigenvalue weighted by molar-refractivity contribution is 0.325. The molecular formula is C31H28FNO. The van der Waals surface area contributed by atoms with Gasteiger partial charge in [-0.1, -0.05) is 57.0 Å². The fourth-order valence-corrected chi connectivity index (χ4v) is 5.76. The molecule has 0 unspecified atom stereocenters. The second kappa shape index (κ2) is 8.09. The van der Waals surface area contributed by atoms with E-state index in [-0.39, 0.29) is 11.2 Å². The molecule has 0 spiro atoms. The Kier molecular flexibility index (Phi) is 5.02. The molecule has 3 heteroatoms. The summed E-state index contributed by atoms with van der Waals surface area (Å²) >= 11 is 0. The highest BCUT2D eigenvalue weighted by Crippen LogP contribution is 2.43. The minimum absolute atomic E-state index is 0.124. The molecule has 0 N–H and O–H groups in total. The predicted octanol–water partition coefficient (Wildman–Crippen LogP) is 8.92. The molecule has 0 atom stereocenters. The van der Waals surface area contributed by atoms with Gasteiger partial charge in [0.05, 0.1) is 5.69 Å². The van der Waals surface area contributed by atoms with Gasteiger partial charge >= 0.3 is 0 Å². The zero-order valence-corrected chi connectivity index (χ0v) is 19.6. The molecule has 0 bridgehead atoms. The van der Waals surface area contributed by atoms with Crippen LogP contribution in [-0.2, 0) is 5.41 Å². The Hall–Kier alpha value is -3.46. The van der Waals surface area contributed by atoms with Crippen LogP contribution in [0.5, 0.6) is 0 Å². The van der Waals surface area contributed by atoms with Gasteiger partial charge in [-0.15, -0.1) is 0 Å². The number of halogens is 1. The summed E-state index contributed by atoms with van der Waals surface area (Å²) in [5.41, 5.74) is 6.45. The van der Waals surface area contributed by atoms with Crippen LogP contribution in [0.3, 0.4) is 0 Å². The summed E-state index contributed by atoms with van der Waals surface area (Å²) in [5.74, 6) is 0.482. The van der Waals surface area contributed by atoms with Gasteiger partial charge in [0.15, 0.2) is 0 Å². The van der Waals surface area contributed by atoms with Crippen molar-refractivity contribution < 1.29 is 8.81 Å². The first-order valence-corrected chi connectivity index (χ1v) is 12.2. The first-order chi connectivity index (χ1) is 16.5. The van der Waals surface area contributed by atoms with Gasteiger partial charge in [0, 0.05) is 28.1 Å². The SMILES string of the molecule is CC(C)(c1ccnc(-c2ccc3oc4cccc(-c5ccccc5F)c4c3c2)c1)C1CCCC1. The van der Waals surface area contributed by atoms with Crippen LogP contribution in [0.4, 0.5) is 4.39 Å². The monoisotopic (exact) mass is 449 g/mol. The van der Waals surface area contributed by atoms with Crippen molar-refractivity contribution in [2.75, 3.05) is 0 Å². The summed E-state index contributed by atoms with van der Waals surface area (Å²) in [6, 6.07) is 23.4. The van der Waals surface area contributed by atoms with Crippen LogP contribution in [0.2, 0.25) is 0 Å². The topological polar surface area (TPSA) is 26.0 Å². The van der Waals surface area contributed by atoms with Gasteiger partial charge in [-0.3, -0.25) is 4.98 Å². The number of benzene rings is 3. The third kappa shape index (κ3) is 3.42. The van der Waals surface area contributed by atoms with Gasteiger partial charge in [-0.25, -0.2) is 4.39 Å². The Morgan fingerprint density at radius 1 is 0.853 bits per heavy atom. The molecule has 34 heavy (non-hydrogen) atoms. The summed E-state index contributed by atoms with van der Waals surface area (Å²) in [4.78, 5) is 4.73. The Labute approximate surface area is 199 Å². The molecule has 0 amide bonds. The lowest BCUT2D eigenvalue weighted by atomic mass is 9.72. The summed E-state index contributed by atoms with van der Waals surface area (Å²) < 4.78 is 20.8. The molecule has 2 heterocycles. The van der Waals surface area contributed by atoms with Crippen molar-refractivity contribution in [3.05, 3.63) is 90.4 Å². The molecule has 2 nitrogen and oxygen atoms in total. The molecule has 1 aliphatic rings. The number of hydrogen-bond acceptors (Lipinski definition) is 2. The standard InChI is InChI=1S/C31H28FNO/c1-31(2,21-8-3-4-9-21)22-16-17-33-27(19-22)20-14-15-28-25(18-20)30-24(11-7-13-29(30)34-28)23-10-5-6-12-26(23)32/h5-7,10-19,21H,3-4,8-9H2,1-2H3. The van der Waals surface area contributed by atoms with Gasteiger partial charge in [0.2, 0.25) is 0 Å². The smallest absolute Gasteiger partial charge is 0.136 e. The summed E-state index contributed by atoms with van der Waals surface area (Å²) in [5, 5.41) is 1.92. The van der Waals surface area contributed by atoms with Crippen LogP contribution < -0.4 is 0 Å². The number of aromatic nitrogens is 1. The van der Waals surface area contributed by atoms with Gasteiger partial charge in [-0.05, 0) is 77.8 Å². The average molecular weight is 450 g/mol. The molecule has 170 valence electrons. The van der Waals surface area contributed by atoms with Crippen molar-refractivity contribution in [2.24, 2.45) is 5.92 Å². The Bertz CT molecular complexity index is 1510. The molecule has 1 aliphatic carbocycles. The van der Waals surface area contributed by atoms with E-state index in [1.54, 1.807) is 6.07 Å². The second-order valence-electron chi connectivity index (χ2n) is 10.1. The van der Waals surface area contributed by atoms with Crippen LogP contribution in [-0.4, -0.2) is 4.98 Å². The highest BCUT2D eigenvalue weighted by atomic mass is 19.1. The number of nitrogens with zero attached hydrogens (tertiary/aromatic N) is 1. The van der Waals surface area contributed by atoms with Gasteiger partial charge in [0.25, 0.3) is 0 Å². The molecule has 1 saturated carbocycles. The van der Waals surface area contributed by atoms with Crippen LogP contribution in [0, 0.1) is 11.7 Å². The van der Waals surface area contributed by atoms with Crippen molar-refractivity contribution in [1.82, 2.24) is 4.98 Å². The zero-order chi connectivity index (χ0) is 23.3. The predicted molar refractivity (Wildman–Crippen MR) is 137 cm³/mol. The molecule has 6 rings (SSSR count). The summed E-state index contributed by atoms with van der Waals surface area (Å²) in [6.07, 6.45) is 7.21. The van der Waals surface area contributed by atoms with Crippen molar-refractivity contribution in [3.63, 3.8) is 0 Å². The molecule has 0 saturated heterocycles. The fourth-order valence-electron chi connectivity index (χ4n) is 5.76. The van der Waals surface area contributed by atoms with Crippen LogP contribution in [0.15, 0.2) is 83.4 Å². The van der Waals surface area contributed by atoms with Gasteiger partial charge in [-0.2, -0.15) is 0 Å². The maximum Gasteiger partial charge on any atom is 0.136 e. The first kappa shape index (κ1) is 21.1. The second-order valence-corrected chi connectivity index (χ2v) is 10.1. The van der Waals surface area contributed by atoms with E-state index in [4.69, 9.17) is 9.40 Å². The van der Waals surface area contributed by atoms with Gasteiger partial charge in [0.1, 0.15) is 17.0 Å². The minimum atomic E-state index is -0.232. The number of fused-ring (bicyclic) bond motifs is 3. The van der Waals surface area contributed by atoms with Crippen LogP contribution in [0.25, 0.3) is 44.3 Å². The quantitative estimate of drug-likeness (QED) is 0.274.